The first-order chi connectivity index (χ1) is 22.4. The molecule has 4 rings (SSSR count). The third kappa shape index (κ3) is 8.39. The molecule has 0 aromatic carbocycles. The summed E-state index contributed by atoms with van der Waals surface area (Å²) >= 11 is 0. The summed E-state index contributed by atoms with van der Waals surface area (Å²) in [6.07, 6.45) is -38.6. The molecule has 280 valence electrons. The first kappa shape index (κ1) is 39.4. The lowest BCUT2D eigenvalue weighted by atomic mass is 9.96. The van der Waals surface area contributed by atoms with Gasteiger partial charge in [-0.05, 0) is 0 Å². The fourth-order valence-corrected chi connectivity index (χ4v) is 5.95. The van der Waals surface area contributed by atoms with Gasteiger partial charge in [-0.15, -0.1) is 0 Å². The van der Waals surface area contributed by atoms with E-state index in [2.05, 4.69) is 4.18 Å². The van der Waals surface area contributed by atoms with E-state index in [9.17, 15) is 79.0 Å². The summed E-state index contributed by atoms with van der Waals surface area (Å²) in [7, 11) is -5.44. The zero-order valence-electron chi connectivity index (χ0n) is 24.3. The topological polar surface area (TPSA) is 388 Å². The van der Waals surface area contributed by atoms with Crippen LogP contribution in [0, 0.1) is 0 Å². The number of aliphatic carboxylic acids is 1. The number of hydrogen-bond acceptors (Lipinski definition) is 22. The lowest BCUT2D eigenvalue weighted by molar-refractivity contribution is -0.383. The molecule has 0 amide bonds. The molecule has 0 saturated carbocycles. The molecule has 25 heteroatoms. The second-order valence-electron chi connectivity index (χ2n) is 11.2. The lowest BCUT2D eigenvalue weighted by Gasteiger charge is -2.48. The van der Waals surface area contributed by atoms with E-state index in [1.807, 2.05) is 0 Å². The van der Waals surface area contributed by atoms with Crippen molar-refractivity contribution in [1.29, 1.82) is 0 Å². The monoisotopic (exact) mass is 730 g/mol. The van der Waals surface area contributed by atoms with Crippen molar-refractivity contribution in [1.82, 2.24) is 0 Å². The normalized spacial score (nSPS) is 49.0. The Bertz CT molecular complexity index is 1180. The second-order valence-corrected chi connectivity index (χ2v) is 12.3. The summed E-state index contributed by atoms with van der Waals surface area (Å²) in [5.74, 6) is -1.84. The number of carbonyl (C=O) groups is 1. The van der Waals surface area contributed by atoms with Crippen LogP contribution in [0.15, 0.2) is 0 Å². The van der Waals surface area contributed by atoms with Crippen LogP contribution in [0.4, 0.5) is 0 Å². The highest BCUT2D eigenvalue weighted by Gasteiger charge is 2.56. The van der Waals surface area contributed by atoms with E-state index in [1.165, 1.54) is 0 Å². The van der Waals surface area contributed by atoms with Gasteiger partial charge in [0.1, 0.15) is 85.5 Å². The Kier molecular flexibility index (Phi) is 13.0. The maximum atomic E-state index is 11.6. The molecule has 0 bridgehead atoms. The standard InChI is InChI=1S/C23H38O24S/c24-1-4-8(27)16(13(32)22(41-4)43-6-3-40-20(36)11(30)7(6)26)44-23-14(33)17(15(5(2-25)42-23)47-48(37,38)39)45-21-12(31)9(28)10(29)18(46-21)19(34)35/h4-18,20-33,36H,1-3H2,(H,34,35)(H,37,38,39)/t4-,5-,6-,7+,8+,9+,10+,11-,12-,13-,14-,15+,16+,17-,18+,20-,21-,22+,23+/m1/s1. The van der Waals surface area contributed by atoms with Gasteiger partial charge in [0.25, 0.3) is 0 Å². The predicted octanol–water partition coefficient (Wildman–Crippen LogP) is -9.19. The van der Waals surface area contributed by atoms with Gasteiger partial charge < -0.3 is 94.4 Å². The summed E-state index contributed by atoms with van der Waals surface area (Å²) in [5, 5.41) is 122. The number of aliphatic hydroxyl groups is 11. The van der Waals surface area contributed by atoms with E-state index in [0.29, 0.717) is 0 Å². The first-order valence-electron chi connectivity index (χ1n) is 14.2. The van der Waals surface area contributed by atoms with Crippen LogP contribution in [-0.4, -0.2) is 217 Å². The molecule has 4 heterocycles. The van der Waals surface area contributed by atoms with Crippen molar-refractivity contribution in [3.63, 3.8) is 0 Å². The number of carboxylic acids is 1. The molecule has 4 aliphatic rings. The molecular weight excluding hydrogens is 692 g/mol. The van der Waals surface area contributed by atoms with Gasteiger partial charge in [0.15, 0.2) is 31.3 Å². The molecule has 0 unspecified atom stereocenters. The Hall–Kier alpha value is -1.38. The van der Waals surface area contributed by atoms with Crippen molar-refractivity contribution >= 4 is 16.4 Å². The second kappa shape index (κ2) is 15.9. The molecule has 4 saturated heterocycles. The van der Waals surface area contributed by atoms with Gasteiger partial charge in [0.2, 0.25) is 0 Å². The minimum Gasteiger partial charge on any atom is -0.479 e. The van der Waals surface area contributed by atoms with Crippen LogP contribution in [0.3, 0.4) is 0 Å². The van der Waals surface area contributed by atoms with Crippen LogP contribution < -0.4 is 0 Å². The molecule has 4 aliphatic heterocycles. The van der Waals surface area contributed by atoms with Gasteiger partial charge in [0.05, 0.1) is 19.8 Å². The first-order valence-corrected chi connectivity index (χ1v) is 15.5. The summed E-state index contributed by atoms with van der Waals surface area (Å²) < 4.78 is 74.1. The Morgan fingerprint density at radius 2 is 1.17 bits per heavy atom. The lowest BCUT2D eigenvalue weighted by Crippen LogP contribution is -2.68. The van der Waals surface area contributed by atoms with Gasteiger partial charge >= 0.3 is 16.4 Å². The molecule has 0 aliphatic carbocycles. The van der Waals surface area contributed by atoms with Crippen molar-refractivity contribution in [3.8, 4) is 0 Å². The average molecular weight is 731 g/mol. The van der Waals surface area contributed by atoms with Crippen molar-refractivity contribution in [3.05, 3.63) is 0 Å². The van der Waals surface area contributed by atoms with E-state index in [4.69, 9.17) is 33.2 Å². The van der Waals surface area contributed by atoms with E-state index >= 15 is 0 Å². The van der Waals surface area contributed by atoms with Crippen LogP contribution >= 0.6 is 0 Å². The quantitative estimate of drug-likeness (QED) is 0.0877. The number of aliphatic hydroxyl groups excluding tert-OH is 11. The van der Waals surface area contributed by atoms with Crippen molar-refractivity contribution in [2.75, 3.05) is 19.8 Å². The molecule has 0 radical (unpaired) electrons. The molecule has 13 N–H and O–H groups in total. The molecule has 0 spiro atoms. The molecular formula is C23H38O24S. The maximum absolute atomic E-state index is 11.6. The number of carboxylic acid groups (broad SMARTS) is 1. The smallest absolute Gasteiger partial charge is 0.397 e. The van der Waals surface area contributed by atoms with Gasteiger partial charge in [-0.25, -0.2) is 8.98 Å². The summed E-state index contributed by atoms with van der Waals surface area (Å²) in [6, 6.07) is 0. The minimum atomic E-state index is -5.44. The summed E-state index contributed by atoms with van der Waals surface area (Å²) in [6.45, 7) is -2.67. The molecule has 0 aromatic rings. The van der Waals surface area contributed by atoms with Crippen LogP contribution in [0.25, 0.3) is 0 Å². The van der Waals surface area contributed by atoms with Gasteiger partial charge in [-0.3, -0.25) is 4.55 Å². The largest absolute Gasteiger partial charge is 0.479 e. The van der Waals surface area contributed by atoms with Crippen LogP contribution in [0.5, 0.6) is 0 Å². The van der Waals surface area contributed by atoms with E-state index in [0.717, 1.165) is 0 Å². The van der Waals surface area contributed by atoms with E-state index in [-0.39, 0.29) is 0 Å². The van der Waals surface area contributed by atoms with Crippen LogP contribution in [-0.2, 0) is 52.5 Å². The molecule has 19 atom stereocenters. The maximum Gasteiger partial charge on any atom is 0.397 e. The minimum absolute atomic E-state index is 0.538. The SMILES string of the molecule is O=C(O)[C@H]1O[C@@H](O[C@@H]2[C@@H](O)[C@H](O[C@H]3[C@@H](O)[C@@H](CO)O[C@@H](O[C@@H]4CO[C@@H](O)[C@H](O)[C@H]4O)[C@@H]3O)O[C@H](CO)[C@@H]2OS(=O)(=O)O)[C@H](O)[C@@H](O)[C@@H]1O. The molecule has 24 nitrogen and oxygen atoms in total. The van der Waals surface area contributed by atoms with Gasteiger partial charge in [0, 0.05) is 0 Å². The third-order valence-corrected chi connectivity index (χ3v) is 8.47. The molecule has 4 fully saturated rings. The van der Waals surface area contributed by atoms with Crippen molar-refractivity contribution < 1.29 is 116 Å². The van der Waals surface area contributed by atoms with Crippen molar-refractivity contribution in [2.24, 2.45) is 0 Å². The van der Waals surface area contributed by atoms with E-state index < -0.39 is 153 Å². The molecule has 48 heavy (non-hydrogen) atoms. The van der Waals surface area contributed by atoms with Gasteiger partial charge in [-0.1, -0.05) is 0 Å². The fourth-order valence-electron chi connectivity index (χ4n) is 5.44. The highest BCUT2D eigenvalue weighted by Crippen LogP contribution is 2.35. The number of ether oxygens (including phenoxy) is 7. The Morgan fingerprint density at radius 1 is 0.625 bits per heavy atom. The van der Waals surface area contributed by atoms with Crippen molar-refractivity contribution in [2.45, 2.75) is 117 Å². The third-order valence-electron chi connectivity index (χ3n) is 8.01. The van der Waals surface area contributed by atoms with Crippen LogP contribution in [0.2, 0.25) is 0 Å². The summed E-state index contributed by atoms with van der Waals surface area (Å²) in [4.78, 5) is 11.5. The molecule has 0 aromatic heterocycles. The van der Waals surface area contributed by atoms with E-state index in [1.54, 1.807) is 0 Å². The highest BCUT2D eigenvalue weighted by molar-refractivity contribution is 7.80. The number of hydrogen-bond donors (Lipinski definition) is 13. The zero-order chi connectivity index (χ0) is 35.8. The highest BCUT2D eigenvalue weighted by atomic mass is 32.3. The predicted molar refractivity (Wildman–Crippen MR) is 139 cm³/mol. The zero-order valence-corrected chi connectivity index (χ0v) is 25.1. The Labute approximate surface area is 269 Å². The number of rotatable bonds is 11. The van der Waals surface area contributed by atoms with Gasteiger partial charge in [-0.2, -0.15) is 8.42 Å². The average Bonchev–Trinajstić information content (AvgIpc) is 3.02. The Balaban J connectivity index is 1.60. The van der Waals surface area contributed by atoms with Crippen LogP contribution in [0.1, 0.15) is 0 Å². The Morgan fingerprint density at radius 3 is 1.75 bits per heavy atom. The summed E-state index contributed by atoms with van der Waals surface area (Å²) in [5.41, 5.74) is 0. The fraction of sp³-hybridized carbons (Fsp3) is 0.957.